The summed E-state index contributed by atoms with van der Waals surface area (Å²) < 4.78 is 32.1. The van der Waals surface area contributed by atoms with E-state index in [1.54, 1.807) is 0 Å². The van der Waals surface area contributed by atoms with Crippen molar-refractivity contribution in [3.05, 3.63) is 23.8 Å². The molecule has 0 aliphatic rings. The zero-order chi connectivity index (χ0) is 17.6. The van der Waals surface area contributed by atoms with Crippen LogP contribution in [-0.4, -0.2) is 43.2 Å². The Hall–Kier alpha value is -3.24. The van der Waals surface area contributed by atoms with Crippen LogP contribution >= 0.6 is 0 Å². The number of halogens is 2. The summed E-state index contributed by atoms with van der Waals surface area (Å²) >= 11 is 0. The Morgan fingerprint density at radius 3 is 2.35 bits per heavy atom. The zero-order valence-electron chi connectivity index (χ0n) is 12.1. The van der Waals surface area contributed by atoms with Crippen LogP contribution in [0.2, 0.25) is 0 Å². The fourth-order valence-electron chi connectivity index (χ4n) is 1.57. The second kappa shape index (κ2) is 7.68. The van der Waals surface area contributed by atoms with Crippen LogP contribution in [0.1, 0.15) is 0 Å². The van der Waals surface area contributed by atoms with Gasteiger partial charge in [0, 0.05) is 12.1 Å². The van der Waals surface area contributed by atoms with Crippen LogP contribution < -0.4 is 15.4 Å². The molecule has 0 radical (unpaired) electrons. The third kappa shape index (κ3) is 3.70. The molecule has 0 aliphatic carbocycles. The van der Waals surface area contributed by atoms with E-state index in [0.717, 1.165) is 26.4 Å². The first-order valence-electron chi connectivity index (χ1n) is 5.86. The number of amides is 1. The van der Waals surface area contributed by atoms with Gasteiger partial charge in [-0.2, -0.15) is 0 Å². The number of benzene rings is 1. The highest BCUT2D eigenvalue weighted by Crippen LogP contribution is 2.27. The van der Waals surface area contributed by atoms with Gasteiger partial charge < -0.3 is 20.5 Å². The minimum Gasteiger partial charge on any atom is -0.491 e. The maximum Gasteiger partial charge on any atom is 0.220 e. The first-order valence-corrected chi connectivity index (χ1v) is 5.86. The molecule has 0 spiro atoms. The Balaban J connectivity index is 3.43. The second-order valence-electron chi connectivity index (χ2n) is 3.88. The molecule has 11 heteroatoms. The number of ether oxygens (including phenoxy) is 1. The van der Waals surface area contributed by atoms with Gasteiger partial charge in [-0.05, 0) is 0 Å². The van der Waals surface area contributed by atoms with E-state index in [-0.39, 0.29) is 12.1 Å². The number of nitrogens with one attached hydrogen (secondary N) is 1. The van der Waals surface area contributed by atoms with Gasteiger partial charge in [0.2, 0.25) is 12.2 Å². The molecule has 0 heterocycles. The number of nitrogens with zero attached hydrogens (tertiary/aromatic N) is 3. The highest BCUT2D eigenvalue weighted by molar-refractivity contribution is 6.69. The monoisotopic (exact) mass is 329 g/mol. The van der Waals surface area contributed by atoms with Crippen LogP contribution in [0.3, 0.4) is 0 Å². The Morgan fingerprint density at radius 1 is 1.39 bits per heavy atom. The van der Waals surface area contributed by atoms with Crippen LogP contribution in [0.5, 0.6) is 5.75 Å². The molecule has 0 bridgehead atoms. The molecule has 0 saturated heterocycles. The fraction of sp³-hybridized carbons (Fsp3) is 0.167. The number of carbonyl (C=O) groups is 1. The molecular weight excluding hydrogens is 316 g/mol. The summed E-state index contributed by atoms with van der Waals surface area (Å²) in [5.41, 5.74) is 4.22. The molecule has 1 aromatic carbocycles. The summed E-state index contributed by atoms with van der Waals surface area (Å²) in [5.74, 6) is -4.05. The summed E-state index contributed by atoms with van der Waals surface area (Å²) in [7, 11) is 2.18. The molecule has 23 heavy (non-hydrogen) atoms. The van der Waals surface area contributed by atoms with Crippen molar-refractivity contribution in [1.82, 2.24) is 0 Å². The van der Waals surface area contributed by atoms with E-state index in [0.29, 0.717) is 4.90 Å². The van der Waals surface area contributed by atoms with Gasteiger partial charge in [-0.15, -0.1) is 0 Å². The van der Waals surface area contributed by atoms with Crippen LogP contribution in [0, 0.1) is 17.0 Å². The SMILES string of the molecule is CO/N=C(/C(=N)/C(N)=N\O)N(C=O)c1cc(F)c(OC)c(F)c1. The lowest BCUT2D eigenvalue weighted by Gasteiger charge is -2.19. The van der Waals surface area contributed by atoms with Crippen molar-refractivity contribution in [1.29, 1.82) is 5.41 Å². The number of hydrogen-bond acceptors (Lipinski definition) is 7. The average Bonchev–Trinajstić information content (AvgIpc) is 2.53. The molecule has 0 aromatic heterocycles. The topological polar surface area (TPSA) is 134 Å². The van der Waals surface area contributed by atoms with E-state index in [9.17, 15) is 13.6 Å². The first kappa shape index (κ1) is 17.8. The van der Waals surface area contributed by atoms with Gasteiger partial charge in [0.15, 0.2) is 23.2 Å². The van der Waals surface area contributed by atoms with E-state index in [2.05, 4.69) is 19.9 Å². The Bertz CT molecular complexity index is 654. The Morgan fingerprint density at radius 2 is 1.96 bits per heavy atom. The number of methoxy groups -OCH3 is 1. The van der Waals surface area contributed by atoms with Gasteiger partial charge >= 0.3 is 0 Å². The summed E-state index contributed by atoms with van der Waals surface area (Å²) in [6.07, 6.45) is 0.123. The smallest absolute Gasteiger partial charge is 0.220 e. The van der Waals surface area contributed by atoms with Crippen molar-refractivity contribution in [3.8, 4) is 5.75 Å². The predicted molar refractivity (Wildman–Crippen MR) is 77.0 cm³/mol. The second-order valence-corrected chi connectivity index (χ2v) is 3.88. The minimum atomic E-state index is -1.08. The molecule has 9 nitrogen and oxygen atoms in total. The largest absolute Gasteiger partial charge is 0.491 e. The van der Waals surface area contributed by atoms with Crippen molar-refractivity contribution in [3.63, 3.8) is 0 Å². The van der Waals surface area contributed by atoms with Crippen molar-refractivity contribution in [2.45, 2.75) is 0 Å². The molecule has 0 atom stereocenters. The number of oxime groups is 2. The Kier molecular flexibility index (Phi) is 5.95. The maximum absolute atomic E-state index is 13.8. The van der Waals surface area contributed by atoms with Gasteiger partial charge in [0.25, 0.3) is 0 Å². The van der Waals surface area contributed by atoms with Crippen LogP contribution in [0.4, 0.5) is 14.5 Å². The maximum atomic E-state index is 13.8. The average molecular weight is 329 g/mol. The van der Waals surface area contributed by atoms with Crippen LogP contribution in [0.25, 0.3) is 0 Å². The Labute approximate surface area is 129 Å². The van der Waals surface area contributed by atoms with Gasteiger partial charge in [-0.3, -0.25) is 15.1 Å². The molecule has 0 fully saturated rings. The lowest BCUT2D eigenvalue weighted by atomic mass is 10.2. The molecule has 1 rings (SSSR count). The lowest BCUT2D eigenvalue weighted by molar-refractivity contribution is -0.106. The highest BCUT2D eigenvalue weighted by atomic mass is 19.1. The van der Waals surface area contributed by atoms with Gasteiger partial charge in [-0.25, -0.2) is 8.78 Å². The van der Waals surface area contributed by atoms with E-state index in [1.165, 1.54) is 0 Å². The molecule has 1 aromatic rings. The van der Waals surface area contributed by atoms with Crippen molar-refractivity contribution in [2.24, 2.45) is 16.0 Å². The molecule has 0 saturated carbocycles. The quantitative estimate of drug-likeness (QED) is 0.232. The minimum absolute atomic E-state index is 0.123. The molecule has 0 aliphatic heterocycles. The lowest BCUT2D eigenvalue weighted by Crippen LogP contribution is -2.42. The third-order valence-electron chi connectivity index (χ3n) is 2.56. The zero-order valence-corrected chi connectivity index (χ0v) is 12.1. The predicted octanol–water partition coefficient (Wildman–Crippen LogP) is 0.662. The van der Waals surface area contributed by atoms with E-state index in [1.807, 2.05) is 0 Å². The third-order valence-corrected chi connectivity index (χ3v) is 2.56. The number of carbonyl (C=O) groups excluding carboxylic acids is 1. The van der Waals surface area contributed by atoms with Gasteiger partial charge in [0.1, 0.15) is 12.8 Å². The molecule has 1 amide bonds. The normalized spacial score (nSPS) is 11.8. The van der Waals surface area contributed by atoms with Gasteiger partial charge in [-0.1, -0.05) is 10.3 Å². The fourth-order valence-corrected chi connectivity index (χ4v) is 1.57. The van der Waals surface area contributed by atoms with Crippen LogP contribution in [0.15, 0.2) is 22.4 Å². The van der Waals surface area contributed by atoms with Crippen LogP contribution in [-0.2, 0) is 9.63 Å². The number of amidine groups is 2. The summed E-state index contributed by atoms with van der Waals surface area (Å²) in [6, 6.07) is 1.56. The van der Waals surface area contributed by atoms with E-state index in [4.69, 9.17) is 16.4 Å². The highest BCUT2D eigenvalue weighted by Gasteiger charge is 2.24. The summed E-state index contributed by atoms with van der Waals surface area (Å²) in [6.45, 7) is 0. The number of anilines is 1. The molecule has 4 N–H and O–H groups in total. The van der Waals surface area contributed by atoms with Crippen molar-refractivity contribution >= 4 is 29.5 Å². The van der Waals surface area contributed by atoms with E-state index < -0.39 is 34.8 Å². The number of hydrogen-bond donors (Lipinski definition) is 3. The van der Waals surface area contributed by atoms with Crippen molar-refractivity contribution < 1.29 is 28.4 Å². The number of nitrogens with two attached hydrogens (primary N) is 1. The summed E-state index contributed by atoms with van der Waals surface area (Å²) in [4.78, 5) is 16.3. The summed E-state index contributed by atoms with van der Waals surface area (Å²) in [5, 5.41) is 22.2. The van der Waals surface area contributed by atoms with Crippen molar-refractivity contribution in [2.75, 3.05) is 19.1 Å². The van der Waals surface area contributed by atoms with E-state index >= 15 is 0 Å². The molecular formula is C12H13F2N5O4. The first-order chi connectivity index (χ1) is 10.9. The molecule has 124 valence electrons. The molecule has 0 unspecified atom stereocenters. The standard InChI is InChI=1S/C12H13F2N5O4/c1-22-10-7(13)3-6(4-8(10)14)19(5-20)12(18-23-2)9(15)11(16)17-21/h3-5,15,21H,1-2H3,(H2,16,17)/b15-9?,18-12-. The number of rotatable bonds is 6. The van der Waals surface area contributed by atoms with Gasteiger partial charge in [0.05, 0.1) is 12.8 Å².